The number of hydrogen-bond donors (Lipinski definition) is 1. The third-order valence-electron chi connectivity index (χ3n) is 7.90. The number of ether oxygens (including phenoxy) is 1. The molecule has 2 atom stereocenters. The Morgan fingerprint density at radius 1 is 1.29 bits per heavy atom. The number of aromatic amines is 1. The van der Waals surface area contributed by atoms with Crippen molar-refractivity contribution in [3.05, 3.63) is 52.3 Å². The first-order valence-electron chi connectivity index (χ1n) is 11.8. The normalized spacial score (nSPS) is 23.2. The van der Waals surface area contributed by atoms with Crippen LogP contribution in [0.2, 0.25) is 0 Å². The molecule has 5 heteroatoms. The number of thiocarbonyl (C=S) groups is 1. The third-order valence-corrected chi connectivity index (χ3v) is 8.36. The van der Waals surface area contributed by atoms with Gasteiger partial charge < -0.3 is 19.5 Å². The summed E-state index contributed by atoms with van der Waals surface area (Å²) in [6, 6.07) is 8.81. The highest BCUT2D eigenvalue weighted by Crippen LogP contribution is 2.49. The minimum atomic E-state index is 0.151. The van der Waals surface area contributed by atoms with Crippen LogP contribution in [-0.2, 0) is 18.3 Å². The van der Waals surface area contributed by atoms with Crippen LogP contribution in [0.4, 0.5) is 0 Å². The molecule has 1 aliphatic heterocycles. The van der Waals surface area contributed by atoms with E-state index in [0.29, 0.717) is 5.92 Å². The Kier molecular flexibility index (Phi) is 6.45. The van der Waals surface area contributed by atoms with Gasteiger partial charge in [-0.3, -0.25) is 0 Å². The monoisotopic (exact) mass is 439 g/mol. The molecule has 31 heavy (non-hydrogen) atoms. The van der Waals surface area contributed by atoms with Crippen molar-refractivity contribution in [2.24, 2.45) is 5.92 Å². The summed E-state index contributed by atoms with van der Waals surface area (Å²) < 4.78 is 5.60. The molecule has 2 aliphatic rings. The van der Waals surface area contributed by atoms with Crippen LogP contribution < -0.4 is 4.74 Å². The molecule has 1 fully saturated rings. The van der Waals surface area contributed by atoms with Gasteiger partial charge in [0.25, 0.3) is 0 Å². The number of nitrogens with zero attached hydrogens (tertiary/aromatic N) is 2. The smallest absolute Gasteiger partial charge is 0.125 e. The minimum Gasteiger partial charge on any atom is -0.497 e. The first kappa shape index (κ1) is 22.3. The minimum absolute atomic E-state index is 0.151. The molecule has 0 bridgehead atoms. The summed E-state index contributed by atoms with van der Waals surface area (Å²) in [6.45, 7) is 14.2. The number of H-pyrrole nitrogens is 1. The van der Waals surface area contributed by atoms with Gasteiger partial charge in [-0.2, -0.15) is 0 Å². The van der Waals surface area contributed by atoms with Gasteiger partial charge in [-0.05, 0) is 87.9 Å². The second-order valence-corrected chi connectivity index (χ2v) is 9.56. The highest BCUT2D eigenvalue weighted by Gasteiger charge is 2.48. The van der Waals surface area contributed by atoms with E-state index < -0.39 is 0 Å². The van der Waals surface area contributed by atoms with Crippen molar-refractivity contribution in [3.63, 3.8) is 0 Å². The number of likely N-dealkylation sites (tertiary alicyclic amines) is 1. The molecule has 2 heterocycles. The second-order valence-electron chi connectivity index (χ2n) is 9.17. The number of aromatic nitrogens is 1. The van der Waals surface area contributed by atoms with Crippen molar-refractivity contribution in [1.29, 1.82) is 0 Å². The maximum atomic E-state index is 5.91. The molecule has 0 unspecified atom stereocenters. The van der Waals surface area contributed by atoms with Crippen LogP contribution in [0.1, 0.15) is 55.3 Å². The summed E-state index contributed by atoms with van der Waals surface area (Å²) >= 11 is 5.91. The first-order valence-corrected chi connectivity index (χ1v) is 12.2. The number of hydrogen-bond acceptors (Lipinski definition) is 3. The Labute approximate surface area is 193 Å². The van der Waals surface area contributed by atoms with E-state index in [9.17, 15) is 0 Å². The zero-order valence-electron chi connectivity index (χ0n) is 19.8. The lowest BCUT2D eigenvalue weighted by Crippen LogP contribution is -2.53. The van der Waals surface area contributed by atoms with Gasteiger partial charge in [-0.15, -0.1) is 0 Å². The van der Waals surface area contributed by atoms with Gasteiger partial charge in [-0.25, -0.2) is 0 Å². The van der Waals surface area contributed by atoms with Gasteiger partial charge in [0.1, 0.15) is 10.7 Å². The zero-order chi connectivity index (χ0) is 22.2. The topological polar surface area (TPSA) is 31.5 Å². The average molecular weight is 440 g/mol. The quantitative estimate of drug-likeness (QED) is 0.660. The van der Waals surface area contributed by atoms with E-state index in [1.807, 2.05) is 0 Å². The average Bonchev–Trinajstić information content (AvgIpc) is 3.12. The summed E-state index contributed by atoms with van der Waals surface area (Å²) in [5, 5.41) is 0. The number of rotatable bonds is 6. The summed E-state index contributed by atoms with van der Waals surface area (Å²) in [6.07, 6.45) is 3.36. The van der Waals surface area contributed by atoms with Crippen LogP contribution >= 0.6 is 12.2 Å². The van der Waals surface area contributed by atoms with Crippen LogP contribution in [0.3, 0.4) is 0 Å². The van der Waals surface area contributed by atoms with Crippen LogP contribution in [0.5, 0.6) is 5.75 Å². The van der Waals surface area contributed by atoms with E-state index in [1.54, 1.807) is 7.11 Å². The number of benzene rings is 1. The largest absolute Gasteiger partial charge is 0.497 e. The van der Waals surface area contributed by atoms with E-state index in [-0.39, 0.29) is 5.41 Å². The molecule has 0 amide bonds. The fraction of sp³-hybridized carbons (Fsp3) is 0.577. The molecule has 1 aromatic carbocycles. The Bertz CT molecular complexity index is 948. The number of fused-ring (bicyclic) bond motifs is 2. The van der Waals surface area contributed by atoms with Crippen molar-refractivity contribution >= 4 is 17.2 Å². The Morgan fingerprint density at radius 2 is 2.06 bits per heavy atom. The standard InChI is InChI=1S/C26H37N3OS/c1-6-28-13-12-26(19-10-9-11-21(14-19)30-5)16-23-22(15-20(26)17-28)18(4)24(27-23)25(31)29(7-2)8-3/h9-11,14,20,27H,6-8,12-13,15-17H2,1-5H3/t20-,26+/m1/s1. The number of methoxy groups -OCH3 is 1. The molecular weight excluding hydrogens is 402 g/mol. The van der Waals surface area contributed by atoms with E-state index in [2.05, 4.69) is 66.7 Å². The third kappa shape index (κ3) is 3.80. The molecule has 168 valence electrons. The molecule has 1 N–H and O–H groups in total. The first-order chi connectivity index (χ1) is 15.0. The molecule has 0 saturated carbocycles. The van der Waals surface area contributed by atoms with Gasteiger partial charge in [0.15, 0.2) is 0 Å². The molecule has 2 aromatic rings. The van der Waals surface area contributed by atoms with Crippen LogP contribution in [0.25, 0.3) is 0 Å². The summed E-state index contributed by atoms with van der Waals surface area (Å²) in [5.41, 5.74) is 7.00. The van der Waals surface area contributed by atoms with Gasteiger partial charge in [0.2, 0.25) is 0 Å². The fourth-order valence-corrected chi connectivity index (χ4v) is 6.37. The lowest BCUT2D eigenvalue weighted by atomic mass is 9.58. The maximum Gasteiger partial charge on any atom is 0.125 e. The summed E-state index contributed by atoms with van der Waals surface area (Å²) in [5.74, 6) is 1.56. The summed E-state index contributed by atoms with van der Waals surface area (Å²) in [7, 11) is 1.77. The Balaban J connectivity index is 1.77. The van der Waals surface area contributed by atoms with Crippen molar-refractivity contribution < 1.29 is 4.74 Å². The Morgan fingerprint density at radius 3 is 2.74 bits per heavy atom. The summed E-state index contributed by atoms with van der Waals surface area (Å²) in [4.78, 5) is 9.67. The molecule has 1 aliphatic carbocycles. The van der Waals surface area contributed by atoms with Crippen molar-refractivity contribution in [2.45, 2.75) is 52.4 Å². The van der Waals surface area contributed by atoms with Crippen molar-refractivity contribution in [2.75, 3.05) is 39.8 Å². The molecule has 1 aromatic heterocycles. The van der Waals surface area contributed by atoms with Crippen molar-refractivity contribution in [1.82, 2.24) is 14.8 Å². The zero-order valence-corrected chi connectivity index (χ0v) is 20.6. The van der Waals surface area contributed by atoms with Gasteiger partial charge >= 0.3 is 0 Å². The maximum absolute atomic E-state index is 5.91. The van der Waals surface area contributed by atoms with E-state index in [0.717, 1.165) is 62.0 Å². The van der Waals surface area contributed by atoms with Crippen LogP contribution in [-0.4, -0.2) is 59.6 Å². The highest BCUT2D eigenvalue weighted by molar-refractivity contribution is 7.80. The molecule has 1 saturated heterocycles. The Hall–Kier alpha value is -1.85. The lowest BCUT2D eigenvalue weighted by Gasteiger charge is -2.51. The molecule has 4 rings (SSSR count). The van der Waals surface area contributed by atoms with Gasteiger partial charge in [-0.1, -0.05) is 31.3 Å². The fourth-order valence-electron chi connectivity index (χ4n) is 5.90. The molecule has 4 nitrogen and oxygen atoms in total. The number of nitrogens with one attached hydrogen (secondary N) is 1. The second kappa shape index (κ2) is 8.95. The van der Waals surface area contributed by atoms with E-state index >= 15 is 0 Å². The van der Waals surface area contributed by atoms with Gasteiger partial charge in [0, 0.05) is 30.7 Å². The number of piperidine rings is 1. The van der Waals surface area contributed by atoms with Crippen LogP contribution in [0.15, 0.2) is 24.3 Å². The molecule has 0 spiro atoms. The van der Waals surface area contributed by atoms with Crippen LogP contribution in [0, 0.1) is 12.8 Å². The van der Waals surface area contributed by atoms with E-state index in [1.165, 1.54) is 28.8 Å². The SMILES string of the molecule is CCN1CC[C@@]2(c3cccc(OC)c3)Cc3[nH]c(C(=S)N(CC)CC)c(C)c3C[C@@H]2C1. The van der Waals surface area contributed by atoms with E-state index in [4.69, 9.17) is 17.0 Å². The molecule has 0 radical (unpaired) electrons. The predicted molar refractivity (Wildman–Crippen MR) is 132 cm³/mol. The van der Waals surface area contributed by atoms with Crippen molar-refractivity contribution in [3.8, 4) is 5.75 Å². The van der Waals surface area contributed by atoms with Gasteiger partial charge in [0.05, 0.1) is 12.8 Å². The predicted octanol–water partition coefficient (Wildman–Crippen LogP) is 4.73. The lowest BCUT2D eigenvalue weighted by molar-refractivity contribution is 0.0849. The highest BCUT2D eigenvalue weighted by atomic mass is 32.1. The molecular formula is C26H37N3OS.